The molecule has 0 heterocycles. The fourth-order valence-electron chi connectivity index (χ4n) is 2.18. The van der Waals surface area contributed by atoms with Crippen molar-refractivity contribution in [2.45, 2.75) is 32.5 Å². The van der Waals surface area contributed by atoms with Gasteiger partial charge in [0.15, 0.2) is 0 Å². The normalized spacial score (nSPS) is 12.1. The number of amides is 1. The number of carbonyl (C=O) groups is 1. The lowest BCUT2D eigenvalue weighted by molar-refractivity contribution is -0.137. The smallest absolute Gasteiger partial charge is 0.347 e. The van der Waals surface area contributed by atoms with E-state index in [1.165, 1.54) is 12.1 Å². The Labute approximate surface area is 133 Å². The number of nitrogens with one attached hydrogen (secondary N) is 1. The molecule has 0 fully saturated rings. The maximum atomic E-state index is 12.7. The highest BCUT2D eigenvalue weighted by molar-refractivity contribution is 6.01. The second-order valence-electron chi connectivity index (χ2n) is 6.32. The van der Waals surface area contributed by atoms with E-state index in [1.807, 2.05) is 20.8 Å². The summed E-state index contributed by atoms with van der Waals surface area (Å²) < 4.78 is 38.0. The molecule has 122 valence electrons. The Morgan fingerprint density at radius 2 is 1.48 bits per heavy atom. The fourth-order valence-corrected chi connectivity index (χ4v) is 2.18. The summed E-state index contributed by atoms with van der Waals surface area (Å²) in [7, 11) is 0. The summed E-state index contributed by atoms with van der Waals surface area (Å²) in [6.07, 6.45) is -4.37. The summed E-state index contributed by atoms with van der Waals surface area (Å²) in [5.41, 5.74) is 0.491. The van der Waals surface area contributed by atoms with Crippen molar-refractivity contribution in [3.8, 4) is 11.1 Å². The van der Waals surface area contributed by atoms with Crippen LogP contribution >= 0.6 is 0 Å². The third-order valence-electron chi connectivity index (χ3n) is 3.18. The van der Waals surface area contributed by atoms with Crippen LogP contribution in [0, 0.1) is 0 Å². The van der Waals surface area contributed by atoms with E-state index in [2.05, 4.69) is 5.32 Å². The highest BCUT2D eigenvalue weighted by atomic mass is 19.4. The molecule has 0 aliphatic carbocycles. The molecule has 2 aromatic carbocycles. The van der Waals surface area contributed by atoms with Gasteiger partial charge in [-0.1, -0.05) is 30.3 Å². The van der Waals surface area contributed by atoms with E-state index >= 15 is 0 Å². The topological polar surface area (TPSA) is 29.1 Å². The van der Waals surface area contributed by atoms with Crippen LogP contribution in [0.15, 0.2) is 48.5 Å². The van der Waals surface area contributed by atoms with Crippen LogP contribution in [0.4, 0.5) is 13.2 Å². The second-order valence-corrected chi connectivity index (χ2v) is 6.32. The zero-order valence-corrected chi connectivity index (χ0v) is 13.2. The van der Waals surface area contributed by atoms with Crippen LogP contribution in [0.3, 0.4) is 0 Å². The summed E-state index contributed by atoms with van der Waals surface area (Å²) >= 11 is 0. The molecular weight excluding hydrogens is 303 g/mol. The Morgan fingerprint density at radius 1 is 0.913 bits per heavy atom. The fraction of sp³-hybridized carbons (Fsp3) is 0.278. The van der Waals surface area contributed by atoms with Gasteiger partial charge in [0.2, 0.25) is 0 Å². The first-order valence-corrected chi connectivity index (χ1v) is 7.17. The highest BCUT2D eigenvalue weighted by Crippen LogP contribution is 2.31. The first-order chi connectivity index (χ1) is 10.6. The molecule has 0 aromatic heterocycles. The molecule has 0 spiro atoms. The van der Waals surface area contributed by atoms with Gasteiger partial charge in [-0.05, 0) is 50.1 Å². The molecule has 0 atom stereocenters. The molecule has 1 amide bonds. The molecule has 1 N–H and O–H groups in total. The summed E-state index contributed by atoms with van der Waals surface area (Å²) in [6.45, 7) is 5.60. The van der Waals surface area contributed by atoms with Gasteiger partial charge in [-0.25, -0.2) is 0 Å². The van der Waals surface area contributed by atoms with Crippen molar-refractivity contribution < 1.29 is 18.0 Å². The Morgan fingerprint density at radius 3 is 2.00 bits per heavy atom. The SMILES string of the molecule is CC(C)(C)NC(=O)c1ccccc1-c1ccc(C(F)(F)F)cc1. The molecule has 23 heavy (non-hydrogen) atoms. The van der Waals surface area contributed by atoms with Gasteiger partial charge in [0.1, 0.15) is 0 Å². The molecule has 2 aromatic rings. The first kappa shape index (κ1) is 17.1. The van der Waals surface area contributed by atoms with Crippen molar-refractivity contribution in [2.75, 3.05) is 0 Å². The minimum absolute atomic E-state index is 0.256. The van der Waals surface area contributed by atoms with Crippen LogP contribution in [-0.4, -0.2) is 11.4 Å². The van der Waals surface area contributed by atoms with Crippen LogP contribution in [0.5, 0.6) is 0 Å². The standard InChI is InChI=1S/C18H18F3NO/c1-17(2,3)22-16(23)15-7-5-4-6-14(15)12-8-10-13(11-9-12)18(19,20)21/h4-11H,1-3H3,(H,22,23). The van der Waals surface area contributed by atoms with E-state index in [9.17, 15) is 18.0 Å². The lowest BCUT2D eigenvalue weighted by atomic mass is 9.97. The lowest BCUT2D eigenvalue weighted by Gasteiger charge is -2.21. The molecule has 0 saturated carbocycles. The molecule has 2 rings (SSSR count). The first-order valence-electron chi connectivity index (χ1n) is 7.17. The minimum Gasteiger partial charge on any atom is -0.347 e. The summed E-state index contributed by atoms with van der Waals surface area (Å²) in [4.78, 5) is 12.4. The van der Waals surface area contributed by atoms with E-state index in [0.29, 0.717) is 16.7 Å². The van der Waals surface area contributed by atoms with Crippen molar-refractivity contribution in [3.63, 3.8) is 0 Å². The van der Waals surface area contributed by atoms with Crippen LogP contribution in [0.25, 0.3) is 11.1 Å². The Balaban J connectivity index is 2.39. The van der Waals surface area contributed by atoms with Gasteiger partial charge in [-0.15, -0.1) is 0 Å². The number of hydrogen-bond donors (Lipinski definition) is 1. The van der Waals surface area contributed by atoms with Crippen LogP contribution in [0.2, 0.25) is 0 Å². The van der Waals surface area contributed by atoms with Gasteiger partial charge in [0.25, 0.3) is 5.91 Å². The summed E-state index contributed by atoms with van der Waals surface area (Å²) in [5, 5.41) is 2.86. The zero-order chi connectivity index (χ0) is 17.3. The van der Waals surface area contributed by atoms with E-state index in [4.69, 9.17) is 0 Å². The van der Waals surface area contributed by atoms with Crippen LogP contribution < -0.4 is 5.32 Å². The molecule has 0 aliphatic rings. The van der Waals surface area contributed by atoms with Crippen molar-refractivity contribution in [1.29, 1.82) is 0 Å². The highest BCUT2D eigenvalue weighted by Gasteiger charge is 2.30. The van der Waals surface area contributed by atoms with Crippen molar-refractivity contribution in [2.24, 2.45) is 0 Å². The van der Waals surface area contributed by atoms with Crippen molar-refractivity contribution >= 4 is 5.91 Å². The molecule has 5 heteroatoms. The van der Waals surface area contributed by atoms with Crippen LogP contribution in [0.1, 0.15) is 36.7 Å². The number of hydrogen-bond acceptors (Lipinski definition) is 1. The average molecular weight is 321 g/mol. The maximum absolute atomic E-state index is 12.7. The number of halogens is 3. The molecule has 0 radical (unpaired) electrons. The predicted molar refractivity (Wildman–Crippen MR) is 84.1 cm³/mol. The molecular formula is C18H18F3NO. The third-order valence-corrected chi connectivity index (χ3v) is 3.18. The maximum Gasteiger partial charge on any atom is 0.416 e. The van der Waals surface area contributed by atoms with E-state index in [1.54, 1.807) is 24.3 Å². The summed E-state index contributed by atoms with van der Waals surface area (Å²) in [5.74, 6) is -0.256. The van der Waals surface area contributed by atoms with Gasteiger partial charge in [0.05, 0.1) is 5.56 Å². The quantitative estimate of drug-likeness (QED) is 0.837. The van der Waals surface area contributed by atoms with Gasteiger partial charge in [-0.2, -0.15) is 13.2 Å². The van der Waals surface area contributed by atoms with Crippen LogP contribution in [-0.2, 0) is 6.18 Å². The van der Waals surface area contributed by atoms with Gasteiger partial charge < -0.3 is 5.32 Å². The molecule has 0 bridgehead atoms. The van der Waals surface area contributed by atoms with Crippen molar-refractivity contribution in [1.82, 2.24) is 5.32 Å². The largest absolute Gasteiger partial charge is 0.416 e. The molecule has 0 saturated heterocycles. The minimum atomic E-state index is -4.37. The Kier molecular flexibility index (Phi) is 4.50. The number of carbonyl (C=O) groups excluding carboxylic acids is 1. The molecule has 0 unspecified atom stereocenters. The average Bonchev–Trinajstić information content (AvgIpc) is 2.45. The monoisotopic (exact) mass is 321 g/mol. The van der Waals surface area contributed by atoms with E-state index in [-0.39, 0.29) is 5.91 Å². The number of benzene rings is 2. The van der Waals surface area contributed by atoms with Gasteiger partial charge >= 0.3 is 6.18 Å². The third kappa shape index (κ3) is 4.34. The second kappa shape index (κ2) is 6.07. The number of rotatable bonds is 2. The number of alkyl halides is 3. The summed E-state index contributed by atoms with van der Waals surface area (Å²) in [6, 6.07) is 11.7. The predicted octanol–water partition coefficient (Wildman–Crippen LogP) is 4.90. The Bertz CT molecular complexity index is 697. The van der Waals surface area contributed by atoms with Gasteiger partial charge in [0, 0.05) is 11.1 Å². The lowest BCUT2D eigenvalue weighted by Crippen LogP contribution is -2.40. The van der Waals surface area contributed by atoms with E-state index in [0.717, 1.165) is 12.1 Å². The van der Waals surface area contributed by atoms with Gasteiger partial charge in [-0.3, -0.25) is 4.79 Å². The van der Waals surface area contributed by atoms with Crippen molar-refractivity contribution in [3.05, 3.63) is 59.7 Å². The van der Waals surface area contributed by atoms with E-state index < -0.39 is 17.3 Å². The molecule has 0 aliphatic heterocycles. The zero-order valence-electron chi connectivity index (χ0n) is 13.2. The molecule has 2 nitrogen and oxygen atoms in total. The Hall–Kier alpha value is -2.30.